The minimum Gasteiger partial charge on any atom is -0.511 e. The summed E-state index contributed by atoms with van der Waals surface area (Å²) in [6, 6.07) is -1.71. The molecule has 426 valence electrons. The molecule has 0 aromatic rings. The van der Waals surface area contributed by atoms with Gasteiger partial charge in [0.15, 0.2) is 0 Å². The van der Waals surface area contributed by atoms with Crippen LogP contribution in [0.25, 0.3) is 0 Å². The Morgan fingerprint density at radius 1 is 0.689 bits per heavy atom. The molecule has 0 aliphatic heterocycles. The molecule has 21 nitrogen and oxygen atoms in total. The van der Waals surface area contributed by atoms with E-state index in [4.69, 9.17) is 36.6 Å². The fourth-order valence-electron chi connectivity index (χ4n) is 8.67. The van der Waals surface area contributed by atoms with E-state index in [1.165, 1.54) is 40.0 Å². The largest absolute Gasteiger partial charge is 0.511 e. The van der Waals surface area contributed by atoms with Crippen molar-refractivity contribution in [2.75, 3.05) is 0 Å². The van der Waals surface area contributed by atoms with Gasteiger partial charge in [-0.1, -0.05) is 62.0 Å². The van der Waals surface area contributed by atoms with Crippen molar-refractivity contribution >= 4 is 41.3 Å². The zero-order valence-electron chi connectivity index (χ0n) is 44.7. The van der Waals surface area contributed by atoms with Crippen LogP contribution in [0.3, 0.4) is 0 Å². The van der Waals surface area contributed by atoms with Crippen molar-refractivity contribution in [2.24, 2.45) is 35.5 Å². The van der Waals surface area contributed by atoms with Crippen LogP contribution in [-0.2, 0) is 38.2 Å². The van der Waals surface area contributed by atoms with Crippen LogP contribution in [0.5, 0.6) is 0 Å². The predicted molar refractivity (Wildman–Crippen MR) is 281 cm³/mol. The van der Waals surface area contributed by atoms with Crippen LogP contribution in [0.4, 0.5) is 0 Å². The number of ether oxygens (including phenoxy) is 3. The summed E-state index contributed by atoms with van der Waals surface area (Å²) in [5.41, 5.74) is 0. The van der Waals surface area contributed by atoms with Gasteiger partial charge in [-0.2, -0.15) is 0 Å². The van der Waals surface area contributed by atoms with Crippen LogP contribution in [-0.4, -0.2) is 84.1 Å². The van der Waals surface area contributed by atoms with Crippen LogP contribution in [0.2, 0.25) is 0 Å². The molecule has 6 rings (SSSR count). The van der Waals surface area contributed by atoms with E-state index in [-0.39, 0.29) is 53.9 Å². The average Bonchev–Trinajstić information content (AvgIpc) is 3.24. The third kappa shape index (κ3) is 36.6. The number of esters is 3. The summed E-state index contributed by atoms with van der Waals surface area (Å²) in [6.07, 6.45) is 22.1. The molecule has 0 saturated heterocycles. The molecule has 6 aliphatic rings. The lowest BCUT2D eigenvalue weighted by atomic mass is 9.84. The first-order chi connectivity index (χ1) is 34.0. The summed E-state index contributed by atoms with van der Waals surface area (Å²) in [6.45, 7) is 21.3. The highest BCUT2D eigenvalue weighted by molar-refractivity contribution is 6.13. The van der Waals surface area contributed by atoms with E-state index in [1.54, 1.807) is 13.8 Å². The number of halogens is 1. The molecule has 4 N–H and O–H groups in total. The Balaban J connectivity index is -0.000000787. The van der Waals surface area contributed by atoms with Crippen molar-refractivity contribution < 1.29 is 68.5 Å². The van der Waals surface area contributed by atoms with E-state index < -0.39 is 28.2 Å². The Kier molecular flexibility index (Phi) is 40.5. The van der Waals surface area contributed by atoms with E-state index in [1.807, 2.05) is 25.2 Å². The topological polar surface area (TPSA) is 315 Å². The molecule has 0 bridgehead atoms. The lowest BCUT2D eigenvalue weighted by molar-refractivity contribution is -0.742. The summed E-state index contributed by atoms with van der Waals surface area (Å²) in [4.78, 5) is 83.7. The van der Waals surface area contributed by atoms with Gasteiger partial charge < -0.3 is 29.6 Å². The van der Waals surface area contributed by atoms with Gasteiger partial charge in [-0.25, -0.2) is 4.84 Å². The number of aliphatic hydroxyl groups excluding tert-OH is 2. The van der Waals surface area contributed by atoms with Crippen LogP contribution in [0.15, 0.2) is 47.8 Å². The normalized spacial score (nSPS) is 26.6. The highest BCUT2D eigenvalue weighted by Gasteiger charge is 2.39. The Bertz CT molecular complexity index is 1830. The molecular weight excluding hydrogens is 988 g/mol. The SMILES string of the molecule is C.C=C(C)OC(C)=O.CC(=O)OC1=CCC[C@@H](C)C1.CC(=O)OC1=C[C@H](C)CCC1.C[C@@H]1CCC=C(O)[C@H]1NCl.C[C@@H]1CCCC(=O)C1.C[C@@H]1CCCC(=O)[C@H]1[N+](=O)[O-].C[C@@H]1CCC[C@@H](O)[C@H]1[N+](=O)[O-].O=[N+]([O-])O. The average molecular weight is 1080 g/mol. The molecule has 0 heterocycles. The molecule has 0 aromatic carbocycles. The number of ketones is 2. The fourth-order valence-corrected chi connectivity index (χ4v) is 9.00. The molecule has 74 heavy (non-hydrogen) atoms. The van der Waals surface area contributed by atoms with Gasteiger partial charge in [-0.3, -0.25) is 44.2 Å². The van der Waals surface area contributed by atoms with Gasteiger partial charge in [0.25, 0.3) is 11.1 Å². The van der Waals surface area contributed by atoms with Gasteiger partial charge in [-0.05, 0) is 138 Å². The Morgan fingerprint density at radius 2 is 1.22 bits per heavy atom. The summed E-state index contributed by atoms with van der Waals surface area (Å²) in [7, 11) is 0. The van der Waals surface area contributed by atoms with Gasteiger partial charge in [0, 0.05) is 74.6 Å². The third-order valence-corrected chi connectivity index (χ3v) is 12.5. The van der Waals surface area contributed by atoms with Crippen molar-refractivity contribution in [3.8, 4) is 0 Å². The van der Waals surface area contributed by atoms with Crippen LogP contribution >= 0.6 is 11.8 Å². The highest BCUT2D eigenvalue weighted by Crippen LogP contribution is 2.28. The zero-order chi connectivity index (χ0) is 56.4. The van der Waals surface area contributed by atoms with Crippen molar-refractivity contribution in [2.45, 2.75) is 216 Å². The van der Waals surface area contributed by atoms with Gasteiger partial charge in [0.1, 0.15) is 29.2 Å². The molecule has 0 amide bonds. The number of aliphatic hydroxyl groups is 2. The molecule has 0 spiro atoms. The summed E-state index contributed by atoms with van der Waals surface area (Å²) >= 11 is 5.42. The summed E-state index contributed by atoms with van der Waals surface area (Å²) in [5.74, 6) is 4.35. The van der Waals surface area contributed by atoms with Gasteiger partial charge in [0.05, 0.1) is 11.8 Å². The van der Waals surface area contributed by atoms with E-state index in [0.717, 1.165) is 95.0 Å². The quantitative estimate of drug-likeness (QED) is 0.0479. The third-order valence-electron chi connectivity index (χ3n) is 12.3. The number of Topliss-reactive ketones (excluding diaryl/α,β-unsaturated/α-hetero) is 2. The van der Waals surface area contributed by atoms with E-state index in [0.29, 0.717) is 53.8 Å². The molecule has 6 aliphatic carbocycles. The first kappa shape index (κ1) is 73.0. The van der Waals surface area contributed by atoms with Gasteiger partial charge in [0.2, 0.25) is 11.8 Å². The first-order valence-electron chi connectivity index (χ1n) is 25.2. The predicted octanol–water partition coefficient (Wildman–Crippen LogP) is 11.4. The number of carbonyl (C=O) groups is 5. The van der Waals surface area contributed by atoms with E-state index >= 15 is 0 Å². The van der Waals surface area contributed by atoms with Crippen molar-refractivity contribution in [1.29, 1.82) is 0 Å². The molecule has 3 fully saturated rings. The lowest BCUT2D eigenvalue weighted by Gasteiger charge is -2.26. The maximum Gasteiger partial charge on any atom is 0.307 e. The van der Waals surface area contributed by atoms with Crippen LogP contribution in [0, 0.1) is 65.9 Å². The number of nitrogens with one attached hydrogen (secondary N) is 1. The number of nitro groups is 2. The van der Waals surface area contributed by atoms with Gasteiger partial charge >= 0.3 is 17.9 Å². The fraction of sp³-hybridized carbons (Fsp3) is 0.750. The molecule has 22 heteroatoms. The van der Waals surface area contributed by atoms with E-state index in [2.05, 4.69) is 43.8 Å². The molecule has 0 aromatic heterocycles. The van der Waals surface area contributed by atoms with Gasteiger partial charge in [-0.15, -0.1) is 10.1 Å². The zero-order valence-corrected chi connectivity index (χ0v) is 45.5. The minimum absolute atomic E-state index is 0. The number of rotatable bonds is 6. The number of allylic oxidation sites excluding steroid dienone is 6. The molecule has 10 atom stereocenters. The number of hydrogen-bond donors (Lipinski definition) is 4. The van der Waals surface area contributed by atoms with E-state index in [9.17, 15) is 54.4 Å². The summed E-state index contributed by atoms with van der Waals surface area (Å²) < 4.78 is 14.4. The van der Waals surface area contributed by atoms with Crippen molar-refractivity contribution in [3.63, 3.8) is 0 Å². The highest BCUT2D eigenvalue weighted by atomic mass is 35.5. The number of carbonyl (C=O) groups excluding carboxylic acids is 5. The maximum atomic E-state index is 11.0. The van der Waals surface area contributed by atoms with Crippen LogP contribution in [0.1, 0.15) is 192 Å². The summed E-state index contributed by atoms with van der Waals surface area (Å²) in [5, 5.41) is 52.9. The Hall–Kier alpha value is -5.28. The van der Waals surface area contributed by atoms with Crippen molar-refractivity contribution in [3.05, 3.63) is 78.2 Å². The molecular formula is C52H89ClN4O17. The first-order valence-corrected chi connectivity index (χ1v) is 25.6. The van der Waals surface area contributed by atoms with Crippen LogP contribution < -0.4 is 4.84 Å². The second-order valence-corrected chi connectivity index (χ2v) is 19.8. The molecule has 0 unspecified atom stereocenters. The Labute approximate surface area is 443 Å². The Morgan fingerprint density at radius 3 is 1.58 bits per heavy atom. The minimum atomic E-state index is -1.50. The second-order valence-electron chi connectivity index (χ2n) is 19.6. The number of hydrogen-bond acceptors (Lipinski definition) is 17. The smallest absolute Gasteiger partial charge is 0.307 e. The molecule has 3 saturated carbocycles. The molecule has 0 radical (unpaired) electrons. The number of nitrogens with zero attached hydrogens (tertiary/aromatic N) is 3. The second kappa shape index (κ2) is 41.0. The van der Waals surface area contributed by atoms with Crippen molar-refractivity contribution in [1.82, 2.24) is 4.84 Å². The standard InChI is InChI=1S/2C9H14O2.C7H12ClNO.C7H13NO3.C7H11NO3.C7H12O.C5H8O2.CH4.HNO3/c2*1-7-4-3-5-9(6-7)11-8(2)10;1-5-3-2-4-6(10)7(5)9-8;2*1-5-3-2-4-6(9)7(5)8(10)11;1-6-3-2-4-7(8)5-6;1-4(2)7-5(3)6;;2-1(3)4/h6-7H,3-5H2,1-2H3;5,7H,3-4,6H2,1-2H3;4-5,7,9-10H,2-3H2,1H3;5-7,9H,2-4H2,1H3;5,7H,2-4H2,1H3;6H,2-5H2,1H3;1H2,2-3H3;1H4;(H,2,3,4)/t2*7-;5-,7+;5-,6-,7+;5-,7+;6-;;;/m111111.../s1. The monoisotopic (exact) mass is 1080 g/mol. The maximum absolute atomic E-state index is 11.0. The lowest BCUT2D eigenvalue weighted by Crippen LogP contribution is -2.42.